The molecule has 2 rings (SSSR count). The minimum Gasteiger partial charge on any atom is -0.481 e. The van der Waals surface area contributed by atoms with E-state index in [1.807, 2.05) is 37.4 Å². The topological polar surface area (TPSA) is 69.6 Å². The molecule has 0 saturated heterocycles. The number of carbonyl (C=O) groups excluding carboxylic acids is 1. The van der Waals surface area contributed by atoms with E-state index >= 15 is 0 Å². The molecule has 1 amide bonds. The van der Waals surface area contributed by atoms with Crippen LogP contribution in [0.3, 0.4) is 0 Å². The highest BCUT2D eigenvalue weighted by atomic mass is 16.4. The number of rotatable bonds is 7. The van der Waals surface area contributed by atoms with Crippen LogP contribution in [0.5, 0.6) is 0 Å². The molecular weight excluding hydrogens is 256 g/mol. The maximum atomic E-state index is 11.6. The third-order valence-electron chi connectivity index (χ3n) is 3.61. The van der Waals surface area contributed by atoms with Gasteiger partial charge in [-0.15, -0.1) is 0 Å². The third-order valence-corrected chi connectivity index (χ3v) is 3.61. The lowest BCUT2D eigenvalue weighted by molar-refractivity contribution is -0.140. The second kappa shape index (κ2) is 6.41. The zero-order valence-corrected chi connectivity index (χ0v) is 11.6. The molecular formula is C15H20N2O3. The van der Waals surface area contributed by atoms with Gasteiger partial charge in [-0.2, -0.15) is 0 Å². The monoisotopic (exact) mass is 276 g/mol. The van der Waals surface area contributed by atoms with E-state index in [9.17, 15) is 9.59 Å². The molecule has 0 bridgehead atoms. The average molecular weight is 276 g/mol. The summed E-state index contributed by atoms with van der Waals surface area (Å²) < 4.78 is 0. The fourth-order valence-electron chi connectivity index (χ4n) is 2.23. The fourth-order valence-corrected chi connectivity index (χ4v) is 2.23. The Morgan fingerprint density at radius 2 is 2.00 bits per heavy atom. The molecule has 108 valence electrons. The van der Waals surface area contributed by atoms with Crippen LogP contribution in [-0.4, -0.2) is 37.1 Å². The summed E-state index contributed by atoms with van der Waals surface area (Å²) in [6.45, 7) is 1.43. The summed E-state index contributed by atoms with van der Waals surface area (Å²) in [5, 5.41) is 11.6. The van der Waals surface area contributed by atoms with Crippen LogP contribution in [0.1, 0.15) is 12.8 Å². The minimum absolute atomic E-state index is 0.125. The average Bonchev–Trinajstić information content (AvgIpc) is 3.24. The van der Waals surface area contributed by atoms with Crippen LogP contribution >= 0.6 is 0 Å². The van der Waals surface area contributed by atoms with E-state index in [-0.39, 0.29) is 11.8 Å². The molecule has 5 nitrogen and oxygen atoms in total. The zero-order chi connectivity index (χ0) is 14.5. The number of anilines is 1. The molecule has 2 unspecified atom stereocenters. The van der Waals surface area contributed by atoms with Crippen LogP contribution in [0.25, 0.3) is 0 Å². The molecule has 20 heavy (non-hydrogen) atoms. The van der Waals surface area contributed by atoms with E-state index in [0.29, 0.717) is 13.0 Å². The lowest BCUT2D eigenvalue weighted by Gasteiger charge is -2.19. The van der Waals surface area contributed by atoms with Gasteiger partial charge < -0.3 is 15.3 Å². The van der Waals surface area contributed by atoms with Crippen LogP contribution in [-0.2, 0) is 9.59 Å². The van der Waals surface area contributed by atoms with E-state index < -0.39 is 11.9 Å². The highest BCUT2D eigenvalue weighted by Gasteiger charge is 2.48. The fraction of sp³-hybridized carbons (Fsp3) is 0.467. The molecule has 0 radical (unpaired) electrons. The molecule has 2 N–H and O–H groups in total. The number of carboxylic acids is 1. The van der Waals surface area contributed by atoms with Crippen molar-refractivity contribution < 1.29 is 14.7 Å². The Morgan fingerprint density at radius 1 is 1.30 bits per heavy atom. The van der Waals surface area contributed by atoms with Gasteiger partial charge >= 0.3 is 5.97 Å². The molecule has 5 heteroatoms. The van der Waals surface area contributed by atoms with E-state index in [0.717, 1.165) is 18.7 Å². The summed E-state index contributed by atoms with van der Waals surface area (Å²) in [5.74, 6) is -1.78. The maximum Gasteiger partial charge on any atom is 0.307 e. The SMILES string of the molecule is CN(CCCNC(=O)C1CC1C(=O)O)c1ccccc1. The summed E-state index contributed by atoms with van der Waals surface area (Å²) in [5.41, 5.74) is 1.15. The molecule has 1 saturated carbocycles. The second-order valence-electron chi connectivity index (χ2n) is 5.19. The normalized spacial score (nSPS) is 20.2. The molecule has 0 heterocycles. The molecule has 1 aromatic carbocycles. The largest absolute Gasteiger partial charge is 0.481 e. The molecule has 1 aliphatic carbocycles. The number of nitrogens with zero attached hydrogens (tertiary/aromatic N) is 1. The predicted molar refractivity (Wildman–Crippen MR) is 76.6 cm³/mol. The number of carboxylic acid groups (broad SMARTS) is 1. The van der Waals surface area contributed by atoms with Gasteiger partial charge in [-0.1, -0.05) is 18.2 Å². The Labute approximate surface area is 118 Å². The van der Waals surface area contributed by atoms with Gasteiger partial charge in [0, 0.05) is 25.8 Å². The molecule has 0 aromatic heterocycles. The molecule has 0 spiro atoms. The van der Waals surface area contributed by atoms with Crippen LogP contribution in [0, 0.1) is 11.8 Å². The lowest BCUT2D eigenvalue weighted by atomic mass is 10.2. The number of hydrogen-bond acceptors (Lipinski definition) is 3. The Bertz CT molecular complexity index is 475. The first-order chi connectivity index (χ1) is 9.59. The van der Waals surface area contributed by atoms with Crippen molar-refractivity contribution in [3.05, 3.63) is 30.3 Å². The van der Waals surface area contributed by atoms with Gasteiger partial charge in [0.05, 0.1) is 11.8 Å². The number of carbonyl (C=O) groups is 2. The van der Waals surface area contributed by atoms with Crippen LogP contribution in [0.2, 0.25) is 0 Å². The number of nitrogens with one attached hydrogen (secondary N) is 1. The van der Waals surface area contributed by atoms with Crippen molar-refractivity contribution in [2.45, 2.75) is 12.8 Å². The summed E-state index contributed by atoms with van der Waals surface area (Å²) >= 11 is 0. The lowest BCUT2D eigenvalue weighted by Crippen LogP contribution is -2.30. The molecule has 1 aliphatic rings. The number of benzene rings is 1. The number of para-hydroxylation sites is 1. The second-order valence-corrected chi connectivity index (χ2v) is 5.19. The van der Waals surface area contributed by atoms with Gasteiger partial charge in [0.15, 0.2) is 0 Å². The summed E-state index contributed by atoms with van der Waals surface area (Å²) in [6.07, 6.45) is 1.31. The Kier molecular flexibility index (Phi) is 4.61. The number of aliphatic carboxylic acids is 1. The quantitative estimate of drug-likeness (QED) is 0.738. The van der Waals surface area contributed by atoms with E-state index in [1.165, 1.54) is 0 Å². The van der Waals surface area contributed by atoms with Gasteiger partial charge in [0.25, 0.3) is 0 Å². The van der Waals surface area contributed by atoms with Crippen molar-refractivity contribution in [1.29, 1.82) is 0 Å². The molecule has 1 aromatic rings. The Hall–Kier alpha value is -2.04. The standard InChI is InChI=1S/C15H20N2O3/c1-17(11-6-3-2-4-7-11)9-5-8-16-14(18)12-10-13(12)15(19)20/h2-4,6-7,12-13H,5,8-10H2,1H3,(H,16,18)(H,19,20). The first-order valence-electron chi connectivity index (χ1n) is 6.86. The van der Waals surface area contributed by atoms with Gasteiger partial charge in [-0.05, 0) is 25.0 Å². The molecule has 1 fully saturated rings. The summed E-state index contributed by atoms with van der Waals surface area (Å²) in [7, 11) is 2.01. The first kappa shape index (κ1) is 14.4. The van der Waals surface area contributed by atoms with Crippen LogP contribution in [0.4, 0.5) is 5.69 Å². The van der Waals surface area contributed by atoms with Gasteiger partial charge in [0.2, 0.25) is 5.91 Å². The molecule has 0 aliphatic heterocycles. The van der Waals surface area contributed by atoms with Crippen molar-refractivity contribution in [3.8, 4) is 0 Å². The minimum atomic E-state index is -0.867. The maximum absolute atomic E-state index is 11.6. The van der Waals surface area contributed by atoms with Gasteiger partial charge in [-0.25, -0.2) is 0 Å². The highest BCUT2D eigenvalue weighted by Crippen LogP contribution is 2.38. The van der Waals surface area contributed by atoms with Crippen molar-refractivity contribution in [1.82, 2.24) is 5.32 Å². The predicted octanol–water partition coefficient (Wildman–Crippen LogP) is 1.35. The summed E-state index contributed by atoms with van der Waals surface area (Å²) in [4.78, 5) is 24.4. The van der Waals surface area contributed by atoms with E-state index in [4.69, 9.17) is 5.11 Å². The van der Waals surface area contributed by atoms with Crippen molar-refractivity contribution in [2.75, 3.05) is 25.0 Å². The Morgan fingerprint density at radius 3 is 2.60 bits per heavy atom. The van der Waals surface area contributed by atoms with Crippen LogP contribution in [0.15, 0.2) is 30.3 Å². The van der Waals surface area contributed by atoms with Gasteiger partial charge in [-0.3, -0.25) is 9.59 Å². The first-order valence-corrected chi connectivity index (χ1v) is 6.86. The molecule has 2 atom stereocenters. The third kappa shape index (κ3) is 3.73. The Balaban J connectivity index is 1.62. The van der Waals surface area contributed by atoms with Crippen molar-refractivity contribution in [3.63, 3.8) is 0 Å². The zero-order valence-electron chi connectivity index (χ0n) is 11.6. The summed E-state index contributed by atoms with van der Waals surface area (Å²) in [6, 6.07) is 10.0. The number of hydrogen-bond donors (Lipinski definition) is 2. The van der Waals surface area contributed by atoms with Gasteiger partial charge in [0.1, 0.15) is 0 Å². The van der Waals surface area contributed by atoms with Crippen LogP contribution < -0.4 is 10.2 Å². The van der Waals surface area contributed by atoms with E-state index in [2.05, 4.69) is 10.2 Å². The highest BCUT2D eigenvalue weighted by molar-refractivity contribution is 5.89. The smallest absolute Gasteiger partial charge is 0.307 e. The van der Waals surface area contributed by atoms with Crippen molar-refractivity contribution >= 4 is 17.6 Å². The van der Waals surface area contributed by atoms with E-state index in [1.54, 1.807) is 0 Å². The van der Waals surface area contributed by atoms with Crippen molar-refractivity contribution in [2.24, 2.45) is 11.8 Å². The number of amides is 1.